The predicted molar refractivity (Wildman–Crippen MR) is 94.5 cm³/mol. The monoisotopic (exact) mass is 326 g/mol. The zero-order valence-corrected chi connectivity index (χ0v) is 14.0. The summed E-state index contributed by atoms with van der Waals surface area (Å²) in [5.74, 6) is 0.719. The zero-order chi connectivity index (χ0) is 17.1. The number of aliphatic hydroxyl groups is 1. The Morgan fingerprint density at radius 3 is 2.42 bits per heavy atom. The molecule has 0 amide bonds. The number of ether oxygens (including phenoxy) is 1. The van der Waals surface area contributed by atoms with Gasteiger partial charge in [0.2, 0.25) is 0 Å². The van der Waals surface area contributed by atoms with E-state index in [4.69, 9.17) is 4.74 Å². The van der Waals surface area contributed by atoms with Crippen molar-refractivity contribution in [2.75, 3.05) is 6.61 Å². The second-order valence-electron chi connectivity index (χ2n) is 5.90. The number of hydrogen-bond acceptors (Lipinski definition) is 3. The van der Waals surface area contributed by atoms with Gasteiger partial charge in [-0.1, -0.05) is 31.2 Å². The van der Waals surface area contributed by atoms with Crippen LogP contribution in [0.25, 0.3) is 11.0 Å². The summed E-state index contributed by atoms with van der Waals surface area (Å²) in [6.45, 7) is 2.44. The van der Waals surface area contributed by atoms with Crippen molar-refractivity contribution < 1.29 is 9.84 Å². The summed E-state index contributed by atoms with van der Waals surface area (Å²) in [4.78, 5) is 12.3. The lowest BCUT2D eigenvalue weighted by molar-refractivity contribution is 0.0925. The molecule has 1 N–H and O–H groups in total. The van der Waals surface area contributed by atoms with Crippen molar-refractivity contribution in [2.24, 2.45) is 7.05 Å². The average molecular weight is 326 g/mol. The van der Waals surface area contributed by atoms with Crippen LogP contribution in [0.4, 0.5) is 0 Å². The van der Waals surface area contributed by atoms with Gasteiger partial charge in [-0.25, -0.2) is 4.79 Å². The summed E-state index contributed by atoms with van der Waals surface area (Å²) in [7, 11) is 1.74. The van der Waals surface area contributed by atoms with Gasteiger partial charge in [-0.15, -0.1) is 0 Å². The third kappa shape index (κ3) is 3.21. The second kappa shape index (κ2) is 6.93. The number of fused-ring (bicyclic) bond motifs is 1. The van der Waals surface area contributed by atoms with E-state index in [0.29, 0.717) is 0 Å². The fraction of sp³-hybridized carbons (Fsp3) is 0.316. The van der Waals surface area contributed by atoms with Crippen LogP contribution in [0, 0.1) is 0 Å². The van der Waals surface area contributed by atoms with Crippen LogP contribution in [0.1, 0.15) is 12.5 Å². The lowest BCUT2D eigenvalue weighted by Gasteiger charge is -2.13. The van der Waals surface area contributed by atoms with Gasteiger partial charge in [-0.2, -0.15) is 0 Å². The minimum atomic E-state index is -0.764. The Kier molecular flexibility index (Phi) is 4.71. The van der Waals surface area contributed by atoms with E-state index >= 15 is 0 Å². The van der Waals surface area contributed by atoms with Crippen molar-refractivity contribution in [2.45, 2.75) is 26.0 Å². The number of benzene rings is 2. The molecular formula is C19H22N2O3. The Bertz CT molecular complexity index is 878. The summed E-state index contributed by atoms with van der Waals surface area (Å²) in [5, 5.41) is 10.3. The van der Waals surface area contributed by atoms with Gasteiger partial charge in [0, 0.05) is 7.05 Å². The highest BCUT2D eigenvalue weighted by Crippen LogP contribution is 2.14. The largest absolute Gasteiger partial charge is 0.491 e. The molecule has 0 aliphatic heterocycles. The van der Waals surface area contributed by atoms with E-state index in [1.165, 1.54) is 5.56 Å². The molecule has 1 heterocycles. The quantitative estimate of drug-likeness (QED) is 0.756. The summed E-state index contributed by atoms with van der Waals surface area (Å²) in [6, 6.07) is 15.4. The van der Waals surface area contributed by atoms with Gasteiger partial charge in [0.05, 0.1) is 17.6 Å². The van der Waals surface area contributed by atoms with Gasteiger partial charge in [-0.05, 0) is 36.2 Å². The van der Waals surface area contributed by atoms with E-state index in [0.717, 1.165) is 23.2 Å². The first-order valence-corrected chi connectivity index (χ1v) is 8.14. The van der Waals surface area contributed by atoms with E-state index in [-0.39, 0.29) is 18.8 Å². The fourth-order valence-corrected chi connectivity index (χ4v) is 2.82. The average Bonchev–Trinajstić information content (AvgIpc) is 2.86. The van der Waals surface area contributed by atoms with Crippen molar-refractivity contribution in [3.05, 3.63) is 64.6 Å². The number of hydrogen-bond donors (Lipinski definition) is 1. The number of aryl methyl sites for hydroxylation is 2. The topological polar surface area (TPSA) is 56.4 Å². The molecule has 3 aromatic rings. The van der Waals surface area contributed by atoms with Gasteiger partial charge < -0.3 is 9.84 Å². The summed E-state index contributed by atoms with van der Waals surface area (Å²) >= 11 is 0. The number of aliphatic hydroxyl groups excluding tert-OH is 1. The molecule has 5 heteroatoms. The van der Waals surface area contributed by atoms with Crippen LogP contribution in [-0.2, 0) is 20.0 Å². The van der Waals surface area contributed by atoms with Crippen molar-refractivity contribution in [3.8, 4) is 5.75 Å². The molecule has 0 fully saturated rings. The van der Waals surface area contributed by atoms with Crippen LogP contribution in [-0.4, -0.2) is 27.0 Å². The van der Waals surface area contributed by atoms with Crippen LogP contribution in [0.3, 0.4) is 0 Å². The number of nitrogens with zero attached hydrogens (tertiary/aromatic N) is 2. The standard InChI is InChI=1S/C19H22N2O3/c1-3-14-8-10-16(11-9-14)24-13-15(22)12-21-18-7-5-4-6-17(18)20(2)19(21)23/h4-11,15,22H,3,12-13H2,1-2H3/t15-/m0/s1. The molecule has 1 atom stereocenters. The smallest absolute Gasteiger partial charge is 0.328 e. The predicted octanol–water partition coefficient (Wildman–Crippen LogP) is 2.34. The number of imidazole rings is 1. The molecule has 0 unspecified atom stereocenters. The Labute approximate surface area is 140 Å². The van der Waals surface area contributed by atoms with E-state index in [1.54, 1.807) is 16.2 Å². The van der Waals surface area contributed by atoms with Crippen LogP contribution < -0.4 is 10.4 Å². The molecule has 0 spiro atoms. The molecule has 2 aromatic carbocycles. The van der Waals surface area contributed by atoms with E-state index in [2.05, 4.69) is 6.92 Å². The van der Waals surface area contributed by atoms with Crippen molar-refractivity contribution >= 4 is 11.0 Å². The van der Waals surface area contributed by atoms with Gasteiger partial charge >= 0.3 is 5.69 Å². The molecule has 1 aromatic heterocycles. The molecular weight excluding hydrogens is 304 g/mol. The molecule has 126 valence electrons. The van der Waals surface area contributed by atoms with Crippen molar-refractivity contribution in [1.29, 1.82) is 0 Å². The normalized spacial score (nSPS) is 12.5. The summed E-state index contributed by atoms with van der Waals surface area (Å²) in [6.07, 6.45) is 0.215. The zero-order valence-electron chi connectivity index (χ0n) is 14.0. The lowest BCUT2D eigenvalue weighted by atomic mass is 10.2. The summed E-state index contributed by atoms with van der Waals surface area (Å²) < 4.78 is 8.80. The molecule has 3 rings (SSSR count). The first-order chi connectivity index (χ1) is 11.6. The maximum atomic E-state index is 12.3. The number of para-hydroxylation sites is 2. The third-order valence-corrected chi connectivity index (χ3v) is 4.22. The molecule has 0 saturated carbocycles. The van der Waals surface area contributed by atoms with E-state index in [9.17, 15) is 9.90 Å². The Balaban J connectivity index is 1.70. The highest BCUT2D eigenvalue weighted by molar-refractivity contribution is 5.75. The van der Waals surface area contributed by atoms with Gasteiger partial charge in [0.25, 0.3) is 0 Å². The minimum absolute atomic E-state index is 0.137. The molecule has 0 aliphatic carbocycles. The third-order valence-electron chi connectivity index (χ3n) is 4.22. The van der Waals surface area contributed by atoms with Crippen LogP contribution in [0.15, 0.2) is 53.3 Å². The number of rotatable bonds is 6. The van der Waals surface area contributed by atoms with E-state index in [1.807, 2.05) is 48.5 Å². The van der Waals surface area contributed by atoms with Gasteiger partial charge in [0.1, 0.15) is 18.5 Å². The lowest BCUT2D eigenvalue weighted by Crippen LogP contribution is -2.30. The Hall–Kier alpha value is -2.53. The molecule has 0 bridgehead atoms. The Morgan fingerprint density at radius 1 is 1.08 bits per heavy atom. The van der Waals surface area contributed by atoms with Gasteiger partial charge in [-0.3, -0.25) is 9.13 Å². The summed E-state index contributed by atoms with van der Waals surface area (Å²) in [5.41, 5.74) is 2.77. The first-order valence-electron chi connectivity index (χ1n) is 8.14. The van der Waals surface area contributed by atoms with Crippen LogP contribution in [0.2, 0.25) is 0 Å². The fourth-order valence-electron chi connectivity index (χ4n) is 2.82. The molecule has 0 aliphatic rings. The highest BCUT2D eigenvalue weighted by Gasteiger charge is 2.14. The molecule has 0 radical (unpaired) electrons. The number of aromatic nitrogens is 2. The van der Waals surface area contributed by atoms with Crippen LogP contribution in [0.5, 0.6) is 5.75 Å². The molecule has 24 heavy (non-hydrogen) atoms. The van der Waals surface area contributed by atoms with Crippen molar-refractivity contribution in [1.82, 2.24) is 9.13 Å². The maximum Gasteiger partial charge on any atom is 0.328 e. The first kappa shape index (κ1) is 16.3. The molecule has 0 saturated heterocycles. The molecule has 5 nitrogen and oxygen atoms in total. The minimum Gasteiger partial charge on any atom is -0.491 e. The maximum absolute atomic E-state index is 12.3. The Morgan fingerprint density at radius 2 is 1.75 bits per heavy atom. The SMILES string of the molecule is CCc1ccc(OC[C@@H](O)Cn2c(=O)n(C)c3ccccc32)cc1. The van der Waals surface area contributed by atoms with Crippen molar-refractivity contribution in [3.63, 3.8) is 0 Å². The van der Waals surface area contributed by atoms with Crippen LogP contribution >= 0.6 is 0 Å². The highest BCUT2D eigenvalue weighted by atomic mass is 16.5. The second-order valence-corrected chi connectivity index (χ2v) is 5.90. The van der Waals surface area contributed by atoms with Gasteiger partial charge in [0.15, 0.2) is 0 Å². The van der Waals surface area contributed by atoms with E-state index < -0.39 is 6.10 Å².